The zero-order valence-corrected chi connectivity index (χ0v) is 16.8. The first kappa shape index (κ1) is 19.7. The minimum Gasteiger partial charge on any atom is -0.497 e. The van der Waals surface area contributed by atoms with E-state index in [1.807, 2.05) is 54.6 Å². The summed E-state index contributed by atoms with van der Waals surface area (Å²) in [6.45, 7) is 6.89. The van der Waals surface area contributed by atoms with E-state index in [1.54, 1.807) is 7.11 Å². The number of ether oxygens (including phenoxy) is 1. The Balaban J connectivity index is 2.39. The van der Waals surface area contributed by atoms with Crippen molar-refractivity contribution in [2.75, 3.05) is 13.7 Å². The highest BCUT2D eigenvalue weighted by Gasteiger charge is 2.37. The SMILES string of the molecule is CC[Si](CC)(CC)OCC(O)(c1ccccc1)c1ccc(OC)cc1. The molecule has 3 nitrogen and oxygen atoms in total. The van der Waals surface area contributed by atoms with Gasteiger partial charge in [0.05, 0.1) is 13.7 Å². The van der Waals surface area contributed by atoms with Gasteiger partial charge < -0.3 is 14.3 Å². The number of hydrogen-bond donors (Lipinski definition) is 1. The first-order valence-electron chi connectivity index (χ1n) is 9.10. The predicted molar refractivity (Wildman–Crippen MR) is 106 cm³/mol. The van der Waals surface area contributed by atoms with Crippen molar-refractivity contribution in [2.24, 2.45) is 0 Å². The summed E-state index contributed by atoms with van der Waals surface area (Å²) in [4.78, 5) is 0. The maximum absolute atomic E-state index is 11.6. The summed E-state index contributed by atoms with van der Waals surface area (Å²) in [7, 11) is -0.151. The molecule has 2 aromatic rings. The van der Waals surface area contributed by atoms with E-state index in [9.17, 15) is 5.11 Å². The van der Waals surface area contributed by atoms with Crippen molar-refractivity contribution < 1.29 is 14.3 Å². The van der Waals surface area contributed by atoms with Gasteiger partial charge in [-0.1, -0.05) is 63.2 Å². The van der Waals surface area contributed by atoms with Crippen LogP contribution in [0.5, 0.6) is 5.75 Å². The van der Waals surface area contributed by atoms with Gasteiger partial charge in [0.2, 0.25) is 0 Å². The molecule has 4 heteroatoms. The fraction of sp³-hybridized carbons (Fsp3) is 0.429. The van der Waals surface area contributed by atoms with Crippen LogP contribution >= 0.6 is 0 Å². The average Bonchev–Trinajstić information content (AvgIpc) is 2.70. The van der Waals surface area contributed by atoms with Crippen molar-refractivity contribution in [1.82, 2.24) is 0 Å². The highest BCUT2D eigenvalue weighted by atomic mass is 28.4. The molecule has 0 aliphatic rings. The van der Waals surface area contributed by atoms with Crippen LogP contribution in [0.2, 0.25) is 18.1 Å². The number of hydrogen-bond acceptors (Lipinski definition) is 3. The molecule has 0 saturated carbocycles. The Kier molecular flexibility index (Phi) is 6.82. The number of rotatable bonds is 9. The monoisotopic (exact) mass is 358 g/mol. The second kappa shape index (κ2) is 8.65. The Bertz CT molecular complexity index is 630. The van der Waals surface area contributed by atoms with Gasteiger partial charge in [-0.05, 0) is 41.4 Å². The van der Waals surface area contributed by atoms with Crippen molar-refractivity contribution in [1.29, 1.82) is 0 Å². The molecule has 25 heavy (non-hydrogen) atoms. The molecule has 2 rings (SSSR count). The molecular formula is C21H30O3Si. The zero-order valence-electron chi connectivity index (χ0n) is 15.8. The summed E-state index contributed by atoms with van der Waals surface area (Å²) in [6, 6.07) is 20.6. The van der Waals surface area contributed by atoms with Crippen LogP contribution in [-0.2, 0) is 10.0 Å². The molecule has 0 radical (unpaired) electrons. The number of benzene rings is 2. The Morgan fingerprint density at radius 1 is 0.840 bits per heavy atom. The van der Waals surface area contributed by atoms with Crippen LogP contribution in [0.15, 0.2) is 54.6 Å². The van der Waals surface area contributed by atoms with Gasteiger partial charge in [-0.15, -0.1) is 0 Å². The summed E-state index contributed by atoms with van der Waals surface area (Å²) in [5.74, 6) is 0.777. The Labute approximate surface area is 152 Å². The quantitative estimate of drug-likeness (QED) is 0.644. The third kappa shape index (κ3) is 4.32. The predicted octanol–water partition coefficient (Wildman–Crippen LogP) is 4.95. The first-order chi connectivity index (χ1) is 12.0. The molecule has 1 N–H and O–H groups in total. The normalized spacial score (nSPS) is 14.1. The highest BCUT2D eigenvalue weighted by Crippen LogP contribution is 2.33. The maximum atomic E-state index is 11.6. The lowest BCUT2D eigenvalue weighted by Gasteiger charge is -2.35. The van der Waals surface area contributed by atoms with E-state index < -0.39 is 13.9 Å². The second-order valence-corrected chi connectivity index (χ2v) is 11.3. The minimum atomic E-state index is -1.80. The molecule has 0 aliphatic carbocycles. The second-order valence-electron chi connectivity index (χ2n) is 6.49. The lowest BCUT2D eigenvalue weighted by Crippen LogP contribution is -2.43. The van der Waals surface area contributed by atoms with Crippen LogP contribution in [0.1, 0.15) is 31.9 Å². The van der Waals surface area contributed by atoms with Crippen LogP contribution in [0, 0.1) is 0 Å². The largest absolute Gasteiger partial charge is 0.497 e. The van der Waals surface area contributed by atoms with Crippen molar-refractivity contribution in [3.05, 3.63) is 65.7 Å². The van der Waals surface area contributed by atoms with Gasteiger partial charge in [-0.3, -0.25) is 0 Å². The van der Waals surface area contributed by atoms with Gasteiger partial charge in [-0.25, -0.2) is 0 Å². The van der Waals surface area contributed by atoms with Crippen LogP contribution in [0.4, 0.5) is 0 Å². The Morgan fingerprint density at radius 3 is 1.84 bits per heavy atom. The molecule has 0 spiro atoms. The molecule has 0 bridgehead atoms. The first-order valence-corrected chi connectivity index (χ1v) is 11.6. The lowest BCUT2D eigenvalue weighted by atomic mass is 9.87. The van der Waals surface area contributed by atoms with E-state index in [2.05, 4.69) is 20.8 Å². The molecule has 1 atom stereocenters. The summed E-state index contributed by atoms with van der Waals surface area (Å²) < 4.78 is 11.7. The molecule has 0 heterocycles. The van der Waals surface area contributed by atoms with Gasteiger partial charge in [0.1, 0.15) is 11.4 Å². The fourth-order valence-corrected chi connectivity index (χ4v) is 5.86. The van der Waals surface area contributed by atoms with E-state index in [4.69, 9.17) is 9.16 Å². The van der Waals surface area contributed by atoms with Gasteiger partial charge in [0.25, 0.3) is 0 Å². The molecule has 0 saturated heterocycles. The van der Waals surface area contributed by atoms with Gasteiger partial charge in [-0.2, -0.15) is 0 Å². The van der Waals surface area contributed by atoms with Crippen molar-refractivity contribution in [2.45, 2.75) is 44.5 Å². The summed E-state index contributed by atoms with van der Waals surface area (Å²) in [5.41, 5.74) is 0.516. The van der Waals surface area contributed by atoms with E-state index in [0.717, 1.165) is 35.0 Å². The third-order valence-electron chi connectivity index (χ3n) is 5.34. The minimum absolute atomic E-state index is 0.283. The summed E-state index contributed by atoms with van der Waals surface area (Å²) in [6.07, 6.45) is 0. The Hall–Kier alpha value is -1.62. The standard InChI is InChI=1S/C21H30O3Si/c1-5-25(6-2,7-3)24-17-21(22,18-11-9-8-10-12-18)19-13-15-20(23-4)16-14-19/h8-16,22H,5-7,17H2,1-4H3. The maximum Gasteiger partial charge on any atom is 0.192 e. The van der Waals surface area contributed by atoms with Gasteiger partial charge in [0, 0.05) is 0 Å². The van der Waals surface area contributed by atoms with Crippen LogP contribution < -0.4 is 4.74 Å². The summed E-state index contributed by atoms with van der Waals surface area (Å²) >= 11 is 0. The molecule has 0 fully saturated rings. The van der Waals surface area contributed by atoms with E-state index in [-0.39, 0.29) is 6.61 Å². The average molecular weight is 359 g/mol. The van der Waals surface area contributed by atoms with Crippen LogP contribution in [-0.4, -0.2) is 27.1 Å². The summed E-state index contributed by atoms with van der Waals surface area (Å²) in [5, 5.41) is 11.6. The smallest absolute Gasteiger partial charge is 0.192 e. The van der Waals surface area contributed by atoms with Gasteiger partial charge >= 0.3 is 0 Å². The van der Waals surface area contributed by atoms with Gasteiger partial charge in [0.15, 0.2) is 8.32 Å². The van der Waals surface area contributed by atoms with E-state index >= 15 is 0 Å². The molecule has 136 valence electrons. The number of methoxy groups -OCH3 is 1. The molecule has 1 unspecified atom stereocenters. The molecule has 0 aromatic heterocycles. The lowest BCUT2D eigenvalue weighted by molar-refractivity contribution is 0.0231. The third-order valence-corrected chi connectivity index (χ3v) is 9.96. The highest BCUT2D eigenvalue weighted by molar-refractivity contribution is 6.73. The molecule has 2 aromatic carbocycles. The van der Waals surface area contributed by atoms with E-state index in [0.29, 0.717) is 0 Å². The molecule has 0 amide bonds. The van der Waals surface area contributed by atoms with Crippen molar-refractivity contribution in [3.63, 3.8) is 0 Å². The molecule has 0 aliphatic heterocycles. The topological polar surface area (TPSA) is 38.7 Å². The van der Waals surface area contributed by atoms with E-state index in [1.165, 1.54) is 0 Å². The van der Waals surface area contributed by atoms with Crippen molar-refractivity contribution >= 4 is 8.32 Å². The fourth-order valence-electron chi connectivity index (χ4n) is 3.23. The Morgan fingerprint density at radius 2 is 1.36 bits per heavy atom. The van der Waals surface area contributed by atoms with Crippen LogP contribution in [0.25, 0.3) is 0 Å². The number of aliphatic hydroxyl groups is 1. The van der Waals surface area contributed by atoms with Crippen LogP contribution in [0.3, 0.4) is 0 Å². The molecular weight excluding hydrogens is 328 g/mol. The zero-order chi connectivity index (χ0) is 18.3. The van der Waals surface area contributed by atoms with Crippen molar-refractivity contribution in [3.8, 4) is 5.75 Å².